The predicted molar refractivity (Wildman–Crippen MR) is 120 cm³/mol. The Bertz CT molecular complexity index is 1020. The van der Waals surface area contributed by atoms with Crippen LogP contribution in [0.2, 0.25) is 0 Å². The van der Waals surface area contributed by atoms with Crippen LogP contribution in [0.15, 0.2) is 35.5 Å². The van der Waals surface area contributed by atoms with Crippen molar-refractivity contribution in [3.8, 4) is 0 Å². The third-order valence-corrected chi connectivity index (χ3v) is 7.19. The second kappa shape index (κ2) is 8.76. The zero-order valence-corrected chi connectivity index (χ0v) is 18.4. The minimum absolute atomic E-state index is 0.148. The van der Waals surface area contributed by atoms with Gasteiger partial charge in [0.2, 0.25) is 0 Å². The summed E-state index contributed by atoms with van der Waals surface area (Å²) in [5.74, 6) is 0.580. The number of aryl methyl sites for hydroxylation is 2. The normalized spacial score (nSPS) is 16.7. The van der Waals surface area contributed by atoms with E-state index in [1.54, 1.807) is 22.2 Å². The molecule has 1 atom stereocenters. The molecule has 0 spiro atoms. The van der Waals surface area contributed by atoms with Crippen LogP contribution in [0.5, 0.6) is 0 Å². The summed E-state index contributed by atoms with van der Waals surface area (Å²) in [4.78, 5) is 26.8. The molecule has 0 aromatic carbocycles. The van der Waals surface area contributed by atoms with E-state index in [1.165, 1.54) is 10.4 Å². The molecule has 0 N–H and O–H groups in total. The molecular formula is C23H30N4OS. The van der Waals surface area contributed by atoms with Gasteiger partial charge in [0.1, 0.15) is 4.83 Å². The minimum atomic E-state index is 0.148. The van der Waals surface area contributed by atoms with E-state index in [4.69, 9.17) is 0 Å². The molecule has 6 heteroatoms. The van der Waals surface area contributed by atoms with Gasteiger partial charge in [-0.3, -0.25) is 14.3 Å². The molecule has 4 rings (SSSR count). The van der Waals surface area contributed by atoms with Crippen molar-refractivity contribution >= 4 is 21.6 Å². The minimum Gasteiger partial charge on any atom is -0.303 e. The maximum Gasteiger partial charge on any atom is 0.262 e. The van der Waals surface area contributed by atoms with Crippen LogP contribution in [0.3, 0.4) is 0 Å². The number of hydrogen-bond acceptors (Lipinski definition) is 5. The Morgan fingerprint density at radius 3 is 2.93 bits per heavy atom. The van der Waals surface area contributed by atoms with E-state index >= 15 is 0 Å². The summed E-state index contributed by atoms with van der Waals surface area (Å²) < 4.78 is 1.81. The molecular weight excluding hydrogens is 380 g/mol. The first-order valence-electron chi connectivity index (χ1n) is 10.6. The molecule has 3 aromatic heterocycles. The maximum absolute atomic E-state index is 13.1. The number of likely N-dealkylation sites (N-methyl/N-ethyl adjacent to an activating group) is 1. The van der Waals surface area contributed by atoms with Crippen LogP contribution in [-0.2, 0) is 25.8 Å². The summed E-state index contributed by atoms with van der Waals surface area (Å²) in [5.41, 5.74) is 2.55. The molecule has 0 fully saturated rings. The summed E-state index contributed by atoms with van der Waals surface area (Å²) in [6.45, 7) is 6.13. The zero-order chi connectivity index (χ0) is 20.4. The Morgan fingerprint density at radius 2 is 2.17 bits per heavy atom. The highest BCUT2D eigenvalue weighted by Gasteiger charge is 2.27. The van der Waals surface area contributed by atoms with Crippen LogP contribution in [0.4, 0.5) is 0 Å². The highest BCUT2D eigenvalue weighted by Crippen LogP contribution is 2.34. The summed E-state index contributed by atoms with van der Waals surface area (Å²) >= 11 is 1.72. The second-order valence-corrected chi connectivity index (χ2v) is 9.64. The highest BCUT2D eigenvalue weighted by atomic mass is 32.1. The fourth-order valence-electron chi connectivity index (χ4n) is 4.14. The average Bonchev–Trinajstić information content (AvgIpc) is 3.10. The van der Waals surface area contributed by atoms with Crippen molar-refractivity contribution in [3.63, 3.8) is 0 Å². The molecule has 1 aliphatic rings. The van der Waals surface area contributed by atoms with Gasteiger partial charge >= 0.3 is 0 Å². The fourth-order valence-corrected chi connectivity index (χ4v) is 5.38. The Kier molecular flexibility index (Phi) is 6.11. The molecule has 0 bridgehead atoms. The quantitative estimate of drug-likeness (QED) is 0.592. The Morgan fingerprint density at radius 1 is 1.31 bits per heavy atom. The van der Waals surface area contributed by atoms with Crippen LogP contribution in [0.25, 0.3) is 10.2 Å². The molecule has 3 heterocycles. The standard InChI is InChI=1S/C23H30N4OS/c1-16(2)9-13-27-15-25-22-21(23(27)28)19-8-7-18(14-20(19)29-22)26(3)12-10-17-6-4-5-11-24-17/h4-6,11,15-16,18H,7-10,12-14H2,1-3H3/t18-/m0/s1. The maximum atomic E-state index is 13.1. The molecule has 0 saturated heterocycles. The first-order valence-corrected chi connectivity index (χ1v) is 11.4. The summed E-state index contributed by atoms with van der Waals surface area (Å²) in [6, 6.07) is 6.62. The van der Waals surface area contributed by atoms with E-state index < -0.39 is 0 Å². The summed E-state index contributed by atoms with van der Waals surface area (Å²) in [7, 11) is 2.21. The molecule has 1 aliphatic carbocycles. The molecule has 3 aromatic rings. The highest BCUT2D eigenvalue weighted by molar-refractivity contribution is 7.18. The fraction of sp³-hybridized carbons (Fsp3) is 0.522. The Labute approximate surface area is 176 Å². The van der Waals surface area contributed by atoms with Crippen LogP contribution in [0, 0.1) is 5.92 Å². The molecule has 0 aliphatic heterocycles. The van der Waals surface area contributed by atoms with Crippen molar-refractivity contribution in [1.82, 2.24) is 19.4 Å². The number of nitrogens with zero attached hydrogens (tertiary/aromatic N) is 4. The van der Waals surface area contributed by atoms with Gasteiger partial charge in [-0.15, -0.1) is 11.3 Å². The number of rotatable bonds is 7. The van der Waals surface area contributed by atoms with Gasteiger partial charge in [-0.1, -0.05) is 19.9 Å². The van der Waals surface area contributed by atoms with E-state index in [0.717, 1.165) is 61.1 Å². The number of aromatic nitrogens is 3. The molecule has 154 valence electrons. The van der Waals surface area contributed by atoms with Crippen molar-refractivity contribution in [2.75, 3.05) is 13.6 Å². The third-order valence-electron chi connectivity index (χ3n) is 6.03. The van der Waals surface area contributed by atoms with Gasteiger partial charge in [0.25, 0.3) is 5.56 Å². The van der Waals surface area contributed by atoms with E-state index in [2.05, 4.69) is 41.8 Å². The predicted octanol–water partition coefficient (Wildman–Crippen LogP) is 3.93. The van der Waals surface area contributed by atoms with Crippen LogP contribution in [0.1, 0.15) is 42.8 Å². The molecule has 29 heavy (non-hydrogen) atoms. The van der Waals surface area contributed by atoms with E-state index in [0.29, 0.717) is 12.0 Å². The van der Waals surface area contributed by atoms with E-state index in [1.807, 2.05) is 18.3 Å². The largest absolute Gasteiger partial charge is 0.303 e. The first-order chi connectivity index (χ1) is 14.0. The zero-order valence-electron chi connectivity index (χ0n) is 17.6. The molecule has 0 radical (unpaired) electrons. The third kappa shape index (κ3) is 4.43. The van der Waals surface area contributed by atoms with Gasteiger partial charge < -0.3 is 4.90 Å². The van der Waals surface area contributed by atoms with Crippen LogP contribution in [-0.4, -0.2) is 39.1 Å². The molecule has 0 saturated carbocycles. The van der Waals surface area contributed by atoms with Gasteiger partial charge in [0.15, 0.2) is 0 Å². The lowest BCUT2D eigenvalue weighted by Crippen LogP contribution is -2.37. The number of thiophene rings is 1. The van der Waals surface area contributed by atoms with Crippen LogP contribution >= 0.6 is 11.3 Å². The lowest BCUT2D eigenvalue weighted by Gasteiger charge is -2.31. The van der Waals surface area contributed by atoms with Gasteiger partial charge in [-0.25, -0.2) is 4.98 Å². The lowest BCUT2D eigenvalue weighted by molar-refractivity contribution is 0.225. The number of hydrogen-bond donors (Lipinski definition) is 0. The van der Waals surface area contributed by atoms with Crippen molar-refractivity contribution in [1.29, 1.82) is 0 Å². The summed E-state index contributed by atoms with van der Waals surface area (Å²) in [6.07, 6.45) is 8.65. The molecule has 0 amide bonds. The van der Waals surface area contributed by atoms with E-state index in [-0.39, 0.29) is 5.56 Å². The lowest BCUT2D eigenvalue weighted by atomic mass is 9.92. The molecule has 5 nitrogen and oxygen atoms in total. The monoisotopic (exact) mass is 410 g/mol. The SMILES string of the molecule is CC(C)CCn1cnc2sc3c(c2c1=O)CC[C@H](N(C)CCc1ccccn1)C3. The first kappa shape index (κ1) is 20.2. The van der Waals surface area contributed by atoms with Gasteiger partial charge in [0.05, 0.1) is 11.7 Å². The summed E-state index contributed by atoms with van der Waals surface area (Å²) in [5, 5.41) is 0.880. The van der Waals surface area contributed by atoms with Crippen molar-refractivity contribution in [2.45, 2.75) is 58.5 Å². The van der Waals surface area contributed by atoms with Gasteiger partial charge in [0, 0.05) is 42.3 Å². The van der Waals surface area contributed by atoms with Crippen molar-refractivity contribution in [3.05, 3.63) is 57.2 Å². The smallest absolute Gasteiger partial charge is 0.262 e. The molecule has 0 unspecified atom stereocenters. The average molecular weight is 411 g/mol. The van der Waals surface area contributed by atoms with Crippen molar-refractivity contribution in [2.24, 2.45) is 5.92 Å². The topological polar surface area (TPSA) is 51.0 Å². The Hall–Kier alpha value is -2.05. The second-order valence-electron chi connectivity index (χ2n) is 8.56. The van der Waals surface area contributed by atoms with E-state index in [9.17, 15) is 4.79 Å². The van der Waals surface area contributed by atoms with Crippen LogP contribution < -0.4 is 5.56 Å². The Balaban J connectivity index is 1.49. The van der Waals surface area contributed by atoms with Crippen molar-refractivity contribution < 1.29 is 0 Å². The van der Waals surface area contributed by atoms with Gasteiger partial charge in [-0.2, -0.15) is 0 Å². The number of pyridine rings is 1. The van der Waals surface area contributed by atoms with Gasteiger partial charge in [-0.05, 0) is 56.3 Å². The number of fused-ring (bicyclic) bond motifs is 3.